The lowest BCUT2D eigenvalue weighted by atomic mass is 9.96. The van der Waals surface area contributed by atoms with Crippen LogP contribution in [-0.2, 0) is 11.2 Å². The minimum absolute atomic E-state index is 0.226. The normalized spacial score (nSPS) is 16.3. The van der Waals surface area contributed by atoms with E-state index >= 15 is 0 Å². The molecule has 3 nitrogen and oxygen atoms in total. The number of rotatable bonds is 4. The molecule has 19 heavy (non-hydrogen) atoms. The third kappa shape index (κ3) is 4.06. The predicted octanol–water partition coefficient (Wildman–Crippen LogP) is 2.00. The summed E-state index contributed by atoms with van der Waals surface area (Å²) in [5.74, 6) is 0.540. The van der Waals surface area contributed by atoms with Gasteiger partial charge in [-0.05, 0) is 44.8 Å². The summed E-state index contributed by atoms with van der Waals surface area (Å²) in [4.78, 5) is 14.2. The number of benzene rings is 1. The van der Waals surface area contributed by atoms with Crippen molar-refractivity contribution < 1.29 is 4.79 Å². The molecule has 1 fully saturated rings. The van der Waals surface area contributed by atoms with Crippen molar-refractivity contribution >= 4 is 5.91 Å². The van der Waals surface area contributed by atoms with Gasteiger partial charge in [0.25, 0.3) is 0 Å². The second-order valence-corrected chi connectivity index (χ2v) is 5.52. The van der Waals surface area contributed by atoms with Crippen molar-refractivity contribution in [1.82, 2.24) is 10.2 Å². The molecule has 1 N–H and O–H groups in total. The van der Waals surface area contributed by atoms with Crippen molar-refractivity contribution in [2.45, 2.75) is 26.2 Å². The quantitative estimate of drug-likeness (QED) is 0.898. The Labute approximate surface area is 116 Å². The maximum Gasteiger partial charge on any atom is 0.225 e. The number of carbonyl (C=O) groups is 1. The Morgan fingerprint density at radius 1 is 1.37 bits per heavy atom. The Morgan fingerprint density at radius 3 is 2.79 bits per heavy atom. The van der Waals surface area contributed by atoms with Crippen LogP contribution < -0.4 is 5.32 Å². The summed E-state index contributed by atoms with van der Waals surface area (Å²) in [5, 5.41) is 3.30. The van der Waals surface area contributed by atoms with Crippen LogP contribution in [0.2, 0.25) is 0 Å². The number of hydrogen-bond acceptors (Lipinski definition) is 2. The number of nitrogens with one attached hydrogen (secondary N) is 1. The van der Waals surface area contributed by atoms with Gasteiger partial charge < -0.3 is 10.2 Å². The van der Waals surface area contributed by atoms with Gasteiger partial charge in [-0.15, -0.1) is 0 Å². The first kappa shape index (κ1) is 14.1. The maximum atomic E-state index is 12.3. The first-order chi connectivity index (χ1) is 9.16. The summed E-state index contributed by atoms with van der Waals surface area (Å²) in [7, 11) is 1.93. The molecule has 1 amide bonds. The lowest BCUT2D eigenvalue weighted by Gasteiger charge is -2.27. The first-order valence-electron chi connectivity index (χ1n) is 7.18. The topological polar surface area (TPSA) is 32.3 Å². The smallest absolute Gasteiger partial charge is 0.225 e. The first-order valence-corrected chi connectivity index (χ1v) is 7.18. The average molecular weight is 260 g/mol. The number of aryl methyl sites for hydroxylation is 1. The Hall–Kier alpha value is -1.35. The molecule has 1 aliphatic rings. The zero-order chi connectivity index (χ0) is 13.7. The summed E-state index contributed by atoms with van der Waals surface area (Å²) >= 11 is 0. The molecule has 2 rings (SSSR count). The maximum absolute atomic E-state index is 12.3. The van der Waals surface area contributed by atoms with Crippen molar-refractivity contribution in [2.75, 3.05) is 26.7 Å². The summed E-state index contributed by atoms with van der Waals surface area (Å²) in [6.45, 7) is 4.86. The number of piperidine rings is 1. The van der Waals surface area contributed by atoms with Crippen LogP contribution in [-0.4, -0.2) is 37.5 Å². The molecule has 0 aromatic heterocycles. The highest BCUT2D eigenvalue weighted by molar-refractivity contribution is 5.78. The van der Waals surface area contributed by atoms with E-state index in [4.69, 9.17) is 0 Å². The Kier molecular flexibility index (Phi) is 4.97. The van der Waals surface area contributed by atoms with Crippen molar-refractivity contribution in [3.05, 3.63) is 35.4 Å². The van der Waals surface area contributed by atoms with Crippen LogP contribution in [0.1, 0.15) is 24.0 Å². The lowest BCUT2D eigenvalue weighted by Crippen LogP contribution is -2.39. The van der Waals surface area contributed by atoms with Crippen LogP contribution in [0.3, 0.4) is 0 Å². The van der Waals surface area contributed by atoms with Gasteiger partial charge in [0.2, 0.25) is 5.91 Å². The monoisotopic (exact) mass is 260 g/mol. The number of amides is 1. The molecule has 1 aromatic carbocycles. The van der Waals surface area contributed by atoms with Gasteiger partial charge in [-0.25, -0.2) is 0 Å². The minimum Gasteiger partial charge on any atom is -0.345 e. The van der Waals surface area contributed by atoms with Gasteiger partial charge in [0.15, 0.2) is 0 Å². The fraction of sp³-hybridized carbons (Fsp3) is 0.562. The summed E-state index contributed by atoms with van der Waals surface area (Å²) in [5.41, 5.74) is 2.59. The molecule has 0 spiro atoms. The molecule has 0 aliphatic carbocycles. The van der Waals surface area contributed by atoms with Gasteiger partial charge in [-0.3, -0.25) is 4.79 Å². The third-order valence-electron chi connectivity index (χ3n) is 3.88. The molecule has 1 saturated heterocycles. The fourth-order valence-corrected chi connectivity index (χ4v) is 2.66. The van der Waals surface area contributed by atoms with E-state index in [-0.39, 0.29) is 5.92 Å². The number of hydrogen-bond donors (Lipinski definition) is 1. The van der Waals surface area contributed by atoms with E-state index in [0.717, 1.165) is 38.9 Å². The van der Waals surface area contributed by atoms with E-state index in [1.165, 1.54) is 11.1 Å². The molecular weight excluding hydrogens is 236 g/mol. The molecule has 0 atom stereocenters. The van der Waals surface area contributed by atoms with Crippen LogP contribution in [0.4, 0.5) is 0 Å². The van der Waals surface area contributed by atoms with E-state index < -0.39 is 0 Å². The average Bonchev–Trinajstić information content (AvgIpc) is 2.45. The van der Waals surface area contributed by atoms with Crippen molar-refractivity contribution in [2.24, 2.45) is 5.92 Å². The second-order valence-electron chi connectivity index (χ2n) is 5.52. The zero-order valence-electron chi connectivity index (χ0n) is 12.0. The molecule has 3 heteroatoms. The second kappa shape index (κ2) is 6.71. The van der Waals surface area contributed by atoms with Crippen molar-refractivity contribution in [1.29, 1.82) is 0 Å². The number of carbonyl (C=O) groups excluding carboxylic acids is 1. The summed E-state index contributed by atoms with van der Waals surface area (Å²) in [6.07, 6.45) is 2.90. The highest BCUT2D eigenvalue weighted by Crippen LogP contribution is 2.15. The van der Waals surface area contributed by atoms with Crippen molar-refractivity contribution in [3.63, 3.8) is 0 Å². The molecule has 0 unspecified atom stereocenters. The Morgan fingerprint density at radius 2 is 2.11 bits per heavy atom. The molecule has 1 aliphatic heterocycles. The van der Waals surface area contributed by atoms with Gasteiger partial charge in [-0.1, -0.05) is 29.8 Å². The number of nitrogens with zero attached hydrogens (tertiary/aromatic N) is 1. The van der Waals surface area contributed by atoms with Gasteiger partial charge in [0.1, 0.15) is 0 Å². The van der Waals surface area contributed by atoms with Gasteiger partial charge >= 0.3 is 0 Å². The van der Waals surface area contributed by atoms with Crippen LogP contribution >= 0.6 is 0 Å². The fourth-order valence-electron chi connectivity index (χ4n) is 2.66. The molecule has 1 aromatic rings. The predicted molar refractivity (Wildman–Crippen MR) is 78.1 cm³/mol. The van der Waals surface area contributed by atoms with Gasteiger partial charge in [0, 0.05) is 19.5 Å². The zero-order valence-corrected chi connectivity index (χ0v) is 12.0. The molecule has 1 heterocycles. The summed E-state index contributed by atoms with van der Waals surface area (Å²) in [6, 6.07) is 8.52. The Bertz CT molecular complexity index is 425. The van der Waals surface area contributed by atoms with E-state index in [1.807, 2.05) is 11.9 Å². The standard InChI is InChI=1S/C16H24N2O/c1-13-4-3-5-14(12-13)8-11-18(2)16(19)15-6-9-17-10-7-15/h3-5,12,15,17H,6-11H2,1-2H3. The molecule has 0 radical (unpaired) electrons. The largest absolute Gasteiger partial charge is 0.345 e. The van der Waals surface area contributed by atoms with Crippen molar-refractivity contribution in [3.8, 4) is 0 Å². The van der Waals surface area contributed by atoms with Gasteiger partial charge in [-0.2, -0.15) is 0 Å². The van der Waals surface area contributed by atoms with Crippen LogP contribution in [0, 0.1) is 12.8 Å². The molecule has 0 saturated carbocycles. The Balaban J connectivity index is 1.83. The van der Waals surface area contributed by atoms with Crippen LogP contribution in [0.25, 0.3) is 0 Å². The SMILES string of the molecule is Cc1cccc(CCN(C)C(=O)C2CCNCC2)c1. The van der Waals surface area contributed by atoms with E-state index in [1.54, 1.807) is 0 Å². The van der Waals surface area contributed by atoms with Crippen LogP contribution in [0.15, 0.2) is 24.3 Å². The van der Waals surface area contributed by atoms with Crippen LogP contribution in [0.5, 0.6) is 0 Å². The van der Waals surface area contributed by atoms with Gasteiger partial charge in [0.05, 0.1) is 0 Å². The third-order valence-corrected chi connectivity index (χ3v) is 3.88. The van der Waals surface area contributed by atoms with E-state index in [9.17, 15) is 4.79 Å². The number of likely N-dealkylation sites (N-methyl/N-ethyl adjacent to an activating group) is 1. The molecule has 104 valence electrons. The van der Waals surface area contributed by atoms with E-state index in [0.29, 0.717) is 5.91 Å². The lowest BCUT2D eigenvalue weighted by molar-refractivity contribution is -0.134. The molecular formula is C16H24N2O. The minimum atomic E-state index is 0.226. The summed E-state index contributed by atoms with van der Waals surface area (Å²) < 4.78 is 0. The highest BCUT2D eigenvalue weighted by atomic mass is 16.2. The van der Waals surface area contributed by atoms with E-state index in [2.05, 4.69) is 36.5 Å². The highest BCUT2D eigenvalue weighted by Gasteiger charge is 2.23. The molecule has 0 bridgehead atoms.